The van der Waals surface area contributed by atoms with Crippen LogP contribution in [0.5, 0.6) is 0 Å². The Morgan fingerprint density at radius 3 is 2.05 bits per heavy atom. The smallest absolute Gasteiger partial charge is 0.0780 e. The van der Waals surface area contributed by atoms with E-state index in [1.807, 2.05) is 12.3 Å². The van der Waals surface area contributed by atoms with E-state index in [9.17, 15) is 0 Å². The summed E-state index contributed by atoms with van der Waals surface area (Å²) in [5.41, 5.74) is 17.7. The number of benzene rings is 7. The topological polar surface area (TPSA) is 24.3 Å². The minimum Gasteiger partial charge on any atom is -0.339 e. The van der Waals surface area contributed by atoms with Gasteiger partial charge in [0.05, 0.1) is 22.6 Å². The molecule has 11 rings (SSSR count). The van der Waals surface area contributed by atoms with Crippen LogP contribution < -0.4 is 9.80 Å². The van der Waals surface area contributed by atoms with Gasteiger partial charge in [-0.15, -0.1) is 0 Å². The lowest BCUT2D eigenvalue weighted by molar-refractivity contribution is 0.561. The van der Waals surface area contributed by atoms with Crippen molar-refractivity contribution in [2.75, 3.05) is 16.3 Å². The average Bonchev–Trinajstić information content (AvgIpc) is 3.86. The zero-order valence-corrected chi connectivity index (χ0v) is 35.7. The van der Waals surface area contributed by atoms with Gasteiger partial charge in [0.25, 0.3) is 0 Å². The summed E-state index contributed by atoms with van der Waals surface area (Å²) < 4.78 is 2.36. The van der Waals surface area contributed by atoms with Crippen molar-refractivity contribution in [3.05, 3.63) is 235 Å². The second kappa shape index (κ2) is 16.0. The van der Waals surface area contributed by atoms with Crippen LogP contribution in [-0.4, -0.2) is 22.1 Å². The lowest BCUT2D eigenvalue weighted by Gasteiger charge is -2.37. The highest BCUT2D eigenvalue weighted by molar-refractivity contribution is 6.09. The minimum atomic E-state index is 0.155. The second-order valence-corrected chi connectivity index (χ2v) is 16.8. The molecule has 4 heterocycles. The van der Waals surface area contributed by atoms with E-state index in [1.54, 1.807) is 0 Å². The van der Waals surface area contributed by atoms with Gasteiger partial charge in [-0.2, -0.15) is 0 Å². The quantitative estimate of drug-likeness (QED) is 0.150. The predicted octanol–water partition coefficient (Wildman–Crippen LogP) is 15.1. The summed E-state index contributed by atoms with van der Waals surface area (Å²) in [5.74, 6) is 0.292. The number of hydrogen-bond donors (Lipinski definition) is 0. The maximum atomic E-state index is 4.76. The number of pyridine rings is 1. The average molecular weight is 813 g/mol. The van der Waals surface area contributed by atoms with Crippen molar-refractivity contribution in [2.45, 2.75) is 32.2 Å². The first kappa shape index (κ1) is 38.2. The van der Waals surface area contributed by atoms with Crippen molar-refractivity contribution in [2.24, 2.45) is 0 Å². The van der Waals surface area contributed by atoms with Crippen LogP contribution in [0.4, 0.5) is 17.1 Å². The maximum Gasteiger partial charge on any atom is 0.0780 e. The van der Waals surface area contributed by atoms with Gasteiger partial charge in [0.1, 0.15) is 0 Å². The van der Waals surface area contributed by atoms with Crippen molar-refractivity contribution >= 4 is 60.9 Å². The molecule has 0 amide bonds. The van der Waals surface area contributed by atoms with E-state index >= 15 is 0 Å². The lowest BCUT2D eigenvalue weighted by atomic mass is 9.90. The molecule has 2 aliphatic heterocycles. The zero-order chi connectivity index (χ0) is 42.4. The lowest BCUT2D eigenvalue weighted by Crippen LogP contribution is -2.41. The molecule has 0 saturated heterocycles. The molecule has 0 saturated carbocycles. The predicted molar refractivity (Wildman–Crippen MR) is 267 cm³/mol. The third-order valence-electron chi connectivity index (χ3n) is 13.3. The zero-order valence-electron chi connectivity index (χ0n) is 35.7. The molecule has 2 unspecified atom stereocenters. The fourth-order valence-electron chi connectivity index (χ4n) is 10.2. The molecule has 63 heavy (non-hydrogen) atoms. The Labute approximate surface area is 369 Å². The summed E-state index contributed by atoms with van der Waals surface area (Å²) in [6.45, 7) is 9.80. The normalized spacial score (nSPS) is 17.2. The molecule has 0 radical (unpaired) electrons. The van der Waals surface area contributed by atoms with Crippen LogP contribution in [0.2, 0.25) is 0 Å². The highest BCUT2D eigenvalue weighted by atomic mass is 15.3. The number of nitrogens with zero attached hydrogens (tertiary/aromatic N) is 4. The molecular formula is C59H48N4. The van der Waals surface area contributed by atoms with Crippen molar-refractivity contribution in [3.63, 3.8) is 0 Å². The summed E-state index contributed by atoms with van der Waals surface area (Å²) in [6, 6.07) is 63.9. The number of aromatic nitrogens is 2. The summed E-state index contributed by atoms with van der Waals surface area (Å²) >= 11 is 0. The molecule has 7 aromatic carbocycles. The van der Waals surface area contributed by atoms with Gasteiger partial charge in [0, 0.05) is 74.4 Å². The highest BCUT2D eigenvalue weighted by Crippen LogP contribution is 2.49. The molecule has 2 aliphatic rings. The second-order valence-electron chi connectivity index (χ2n) is 16.8. The van der Waals surface area contributed by atoms with E-state index in [2.05, 4.69) is 229 Å². The van der Waals surface area contributed by atoms with E-state index in [0.717, 1.165) is 52.0 Å². The van der Waals surface area contributed by atoms with Gasteiger partial charge >= 0.3 is 0 Å². The molecule has 0 bridgehead atoms. The molecule has 0 N–H and O–H groups in total. The van der Waals surface area contributed by atoms with E-state index in [0.29, 0.717) is 5.92 Å². The number of para-hydroxylation sites is 5. The Hall–Kier alpha value is -7.69. The Balaban J connectivity index is 0.938. The van der Waals surface area contributed by atoms with Crippen LogP contribution >= 0.6 is 0 Å². The summed E-state index contributed by atoms with van der Waals surface area (Å²) in [5, 5.41) is 3.67. The monoisotopic (exact) mass is 812 g/mol. The van der Waals surface area contributed by atoms with Crippen molar-refractivity contribution in [3.8, 4) is 16.8 Å². The Kier molecular flexibility index (Phi) is 9.70. The van der Waals surface area contributed by atoms with Gasteiger partial charge in [0.15, 0.2) is 0 Å². The van der Waals surface area contributed by atoms with Gasteiger partial charge in [-0.3, -0.25) is 4.98 Å². The third-order valence-corrected chi connectivity index (χ3v) is 13.3. The SMILES string of the molecule is C=C(/C=C\C(=C/C)N1CC2C(C/C=C(\C)c3ccccc31)c1ccccc1N2c1ccc(-c2cccc3cccnc23)cc1)c1ccc(-n2c3ccccc3c3ccccc32)cc1. The molecule has 304 valence electrons. The molecular weight excluding hydrogens is 765 g/mol. The molecule has 0 spiro atoms. The Morgan fingerprint density at radius 1 is 0.635 bits per heavy atom. The number of rotatable bonds is 7. The van der Waals surface area contributed by atoms with Crippen LogP contribution in [0, 0.1) is 0 Å². The fourth-order valence-corrected chi connectivity index (χ4v) is 10.2. The fraction of sp³-hybridized carbons (Fsp3) is 0.102. The van der Waals surface area contributed by atoms with Crippen molar-refractivity contribution in [1.29, 1.82) is 0 Å². The molecule has 0 aliphatic carbocycles. The molecule has 4 nitrogen and oxygen atoms in total. The number of hydrogen-bond acceptors (Lipinski definition) is 3. The van der Waals surface area contributed by atoms with Crippen molar-refractivity contribution in [1.82, 2.24) is 9.55 Å². The maximum absolute atomic E-state index is 4.76. The summed E-state index contributed by atoms with van der Waals surface area (Å²) in [7, 11) is 0. The van der Waals surface area contributed by atoms with E-state index < -0.39 is 0 Å². The van der Waals surface area contributed by atoms with Gasteiger partial charge < -0.3 is 14.4 Å². The van der Waals surface area contributed by atoms with E-state index in [1.165, 1.54) is 61.1 Å². The van der Waals surface area contributed by atoms with Crippen LogP contribution in [-0.2, 0) is 0 Å². The standard InChI is InChI=1S/C59H48N4/c1-4-45(32-26-40(2)42-28-33-46(34-29-42)62-55-23-10-6-18-50(55)51-19-7-11-24-56(51)62)61-39-58-53(37-27-41(3)48-17-5-9-22-54(48)61)52-20-8-12-25-57(52)63(58)47-35-30-43(31-36-47)49-21-13-15-44-16-14-38-60-59(44)49/h4-36,38,53,58H,2,37,39H2,1,3H3/b32-26-,41-27+,45-4+. The van der Waals surface area contributed by atoms with E-state index in [4.69, 9.17) is 4.98 Å². The van der Waals surface area contributed by atoms with Crippen molar-refractivity contribution < 1.29 is 0 Å². The first-order chi connectivity index (χ1) is 31.1. The van der Waals surface area contributed by atoms with Gasteiger partial charge in [-0.05, 0) is 109 Å². The molecule has 2 aromatic heterocycles. The van der Waals surface area contributed by atoms with Crippen LogP contribution in [0.1, 0.15) is 42.9 Å². The third kappa shape index (κ3) is 6.67. The van der Waals surface area contributed by atoms with Crippen LogP contribution in [0.25, 0.3) is 60.7 Å². The number of anilines is 3. The number of fused-ring (bicyclic) bond motifs is 8. The summed E-state index contributed by atoms with van der Waals surface area (Å²) in [6.07, 6.45) is 12.0. The largest absolute Gasteiger partial charge is 0.339 e. The Morgan fingerprint density at radius 2 is 1.29 bits per heavy atom. The molecule has 0 fully saturated rings. The van der Waals surface area contributed by atoms with Gasteiger partial charge in [-0.25, -0.2) is 0 Å². The van der Waals surface area contributed by atoms with Crippen LogP contribution in [0.3, 0.4) is 0 Å². The van der Waals surface area contributed by atoms with Crippen LogP contribution in [0.15, 0.2) is 219 Å². The minimum absolute atomic E-state index is 0.155. The molecule has 9 aromatic rings. The Bertz CT molecular complexity index is 3230. The first-order valence-electron chi connectivity index (χ1n) is 22.0. The highest BCUT2D eigenvalue weighted by Gasteiger charge is 2.40. The molecule has 4 heteroatoms. The number of allylic oxidation sites excluding steroid dienone is 6. The summed E-state index contributed by atoms with van der Waals surface area (Å²) in [4.78, 5) is 9.90. The first-order valence-corrected chi connectivity index (χ1v) is 22.0. The van der Waals surface area contributed by atoms with E-state index in [-0.39, 0.29) is 6.04 Å². The van der Waals surface area contributed by atoms with Gasteiger partial charge in [0.2, 0.25) is 0 Å². The van der Waals surface area contributed by atoms with Gasteiger partial charge in [-0.1, -0.05) is 146 Å². The molecule has 2 atom stereocenters.